The Morgan fingerprint density at radius 3 is 2.23 bits per heavy atom. The van der Waals surface area contributed by atoms with Gasteiger partial charge in [0, 0.05) is 38.3 Å². The number of rotatable bonds is 11. The minimum atomic E-state index is 0. The van der Waals surface area contributed by atoms with Crippen LogP contribution in [-0.2, 0) is 0 Å². The van der Waals surface area contributed by atoms with Gasteiger partial charge in [0.2, 0.25) is 0 Å². The first-order chi connectivity index (χ1) is 10.0. The maximum atomic E-state index is 4.61. The summed E-state index contributed by atoms with van der Waals surface area (Å²) in [7, 11) is 0. The molecule has 0 saturated heterocycles. The average Bonchev–Trinajstić information content (AvgIpc) is 2.42. The molecule has 0 rings (SSSR count). The van der Waals surface area contributed by atoms with Crippen LogP contribution in [0.5, 0.6) is 0 Å². The maximum Gasteiger partial charge on any atom is 0.191 e. The van der Waals surface area contributed by atoms with E-state index in [2.05, 4.69) is 61.4 Å². The molecular formula is C16H37IN4S. The van der Waals surface area contributed by atoms with E-state index in [1.54, 1.807) is 0 Å². The van der Waals surface area contributed by atoms with E-state index in [-0.39, 0.29) is 24.0 Å². The van der Waals surface area contributed by atoms with Gasteiger partial charge in [-0.05, 0) is 59.5 Å². The van der Waals surface area contributed by atoms with Gasteiger partial charge in [-0.3, -0.25) is 9.89 Å². The lowest BCUT2D eigenvalue weighted by molar-refractivity contribution is 0.173. The van der Waals surface area contributed by atoms with E-state index in [1.807, 2.05) is 11.8 Å². The van der Waals surface area contributed by atoms with Gasteiger partial charge in [-0.15, -0.1) is 24.0 Å². The molecule has 0 aliphatic rings. The highest BCUT2D eigenvalue weighted by atomic mass is 127. The van der Waals surface area contributed by atoms with Crippen molar-refractivity contribution in [2.75, 3.05) is 38.2 Å². The molecule has 0 aromatic heterocycles. The second-order valence-electron chi connectivity index (χ2n) is 5.81. The first-order valence-electron chi connectivity index (χ1n) is 8.29. The number of nitrogens with one attached hydrogen (secondary N) is 2. The highest BCUT2D eigenvalue weighted by Gasteiger charge is 2.12. The first kappa shape index (κ1) is 24.6. The summed E-state index contributed by atoms with van der Waals surface area (Å²) in [5.41, 5.74) is 0. The Labute approximate surface area is 159 Å². The molecule has 0 radical (unpaired) electrons. The highest BCUT2D eigenvalue weighted by molar-refractivity contribution is 14.0. The third-order valence-corrected chi connectivity index (χ3v) is 4.03. The first-order valence-corrected chi connectivity index (χ1v) is 9.69. The van der Waals surface area contributed by atoms with Crippen LogP contribution in [0.1, 0.15) is 47.5 Å². The molecule has 0 amide bonds. The molecule has 0 aliphatic heterocycles. The minimum Gasteiger partial charge on any atom is -0.357 e. The standard InChI is InChI=1S/C16H36N4S.HI/c1-7-17-16(19-11-9-13-21-6)18-10-8-12-20(14(2)3)15(4)5;/h14-15H,7-13H2,1-6H3,(H2,17,18,19);1H. The minimum absolute atomic E-state index is 0. The van der Waals surface area contributed by atoms with E-state index in [0.717, 1.165) is 45.0 Å². The average molecular weight is 444 g/mol. The Morgan fingerprint density at radius 2 is 1.73 bits per heavy atom. The fourth-order valence-corrected chi connectivity index (χ4v) is 2.74. The topological polar surface area (TPSA) is 39.7 Å². The Balaban J connectivity index is 0. The van der Waals surface area contributed by atoms with Crippen LogP contribution in [0, 0.1) is 0 Å². The van der Waals surface area contributed by atoms with Crippen LogP contribution in [0.2, 0.25) is 0 Å². The van der Waals surface area contributed by atoms with Crippen molar-refractivity contribution in [2.45, 2.75) is 59.5 Å². The summed E-state index contributed by atoms with van der Waals surface area (Å²) in [4.78, 5) is 7.14. The van der Waals surface area contributed by atoms with Crippen molar-refractivity contribution in [3.8, 4) is 0 Å². The lowest BCUT2D eigenvalue weighted by Crippen LogP contribution is -2.41. The molecule has 4 nitrogen and oxygen atoms in total. The number of hydrogen-bond donors (Lipinski definition) is 2. The summed E-state index contributed by atoms with van der Waals surface area (Å²) in [5, 5.41) is 6.75. The van der Waals surface area contributed by atoms with Crippen molar-refractivity contribution in [3.05, 3.63) is 0 Å². The quantitative estimate of drug-likeness (QED) is 0.222. The molecule has 6 heteroatoms. The van der Waals surface area contributed by atoms with Crippen LogP contribution in [-0.4, -0.2) is 61.1 Å². The van der Waals surface area contributed by atoms with Gasteiger partial charge in [-0.25, -0.2) is 0 Å². The Hall–Kier alpha value is 0.310. The molecule has 0 heterocycles. The largest absolute Gasteiger partial charge is 0.357 e. The van der Waals surface area contributed by atoms with Crippen molar-refractivity contribution >= 4 is 41.7 Å². The van der Waals surface area contributed by atoms with Gasteiger partial charge in [0.15, 0.2) is 5.96 Å². The van der Waals surface area contributed by atoms with E-state index in [1.165, 1.54) is 5.75 Å². The van der Waals surface area contributed by atoms with Gasteiger partial charge in [0.25, 0.3) is 0 Å². The zero-order valence-corrected chi connectivity index (χ0v) is 18.5. The molecule has 0 aromatic carbocycles. The number of nitrogens with zero attached hydrogens (tertiary/aromatic N) is 2. The van der Waals surface area contributed by atoms with Crippen molar-refractivity contribution in [2.24, 2.45) is 4.99 Å². The molecule has 0 aliphatic carbocycles. The third kappa shape index (κ3) is 12.8. The van der Waals surface area contributed by atoms with E-state index in [9.17, 15) is 0 Å². The molecule has 0 unspecified atom stereocenters. The van der Waals surface area contributed by atoms with Crippen LogP contribution >= 0.6 is 35.7 Å². The molecule has 2 N–H and O–H groups in total. The zero-order chi connectivity index (χ0) is 16.1. The molecular weight excluding hydrogens is 407 g/mol. The number of thioether (sulfide) groups is 1. The zero-order valence-electron chi connectivity index (χ0n) is 15.3. The van der Waals surface area contributed by atoms with Crippen molar-refractivity contribution in [1.29, 1.82) is 0 Å². The van der Waals surface area contributed by atoms with Gasteiger partial charge < -0.3 is 10.6 Å². The molecule has 0 fully saturated rings. The third-order valence-electron chi connectivity index (χ3n) is 3.33. The Kier molecular flexibility index (Phi) is 18.1. The maximum absolute atomic E-state index is 4.61. The molecule has 0 saturated carbocycles. The van der Waals surface area contributed by atoms with Crippen molar-refractivity contribution < 1.29 is 0 Å². The summed E-state index contributed by atoms with van der Waals surface area (Å²) < 4.78 is 0. The second-order valence-corrected chi connectivity index (χ2v) is 6.80. The molecule has 0 atom stereocenters. The van der Waals surface area contributed by atoms with Crippen LogP contribution in [0.15, 0.2) is 4.99 Å². The van der Waals surface area contributed by atoms with Gasteiger partial charge in [-0.2, -0.15) is 11.8 Å². The van der Waals surface area contributed by atoms with Gasteiger partial charge in [0.05, 0.1) is 0 Å². The Morgan fingerprint density at radius 1 is 1.09 bits per heavy atom. The monoisotopic (exact) mass is 444 g/mol. The molecule has 0 spiro atoms. The molecule has 0 bridgehead atoms. The molecule has 0 aromatic rings. The predicted molar refractivity (Wildman–Crippen MR) is 114 cm³/mol. The van der Waals surface area contributed by atoms with Crippen LogP contribution in [0.25, 0.3) is 0 Å². The number of guanidine groups is 1. The smallest absolute Gasteiger partial charge is 0.191 e. The van der Waals surface area contributed by atoms with E-state index in [0.29, 0.717) is 12.1 Å². The second kappa shape index (κ2) is 16.2. The van der Waals surface area contributed by atoms with Crippen molar-refractivity contribution in [3.63, 3.8) is 0 Å². The summed E-state index contributed by atoms with van der Waals surface area (Å²) >= 11 is 1.88. The summed E-state index contributed by atoms with van der Waals surface area (Å²) in [6.45, 7) is 15.1. The van der Waals surface area contributed by atoms with Crippen LogP contribution in [0.3, 0.4) is 0 Å². The summed E-state index contributed by atoms with van der Waals surface area (Å²) in [5.74, 6) is 2.14. The van der Waals surface area contributed by atoms with E-state index in [4.69, 9.17) is 0 Å². The normalized spacial score (nSPS) is 12.0. The van der Waals surface area contributed by atoms with Gasteiger partial charge in [0.1, 0.15) is 0 Å². The fourth-order valence-electron chi connectivity index (χ4n) is 2.32. The van der Waals surface area contributed by atoms with Gasteiger partial charge >= 0.3 is 0 Å². The van der Waals surface area contributed by atoms with Crippen molar-refractivity contribution in [1.82, 2.24) is 15.5 Å². The predicted octanol–water partition coefficient (Wildman–Crippen LogP) is 3.42. The van der Waals surface area contributed by atoms with Gasteiger partial charge in [-0.1, -0.05) is 0 Å². The summed E-state index contributed by atoms with van der Waals surface area (Å²) in [6, 6.07) is 1.22. The SMILES string of the molecule is CCNC(=NCCCSC)NCCCN(C(C)C)C(C)C.I. The number of hydrogen-bond acceptors (Lipinski definition) is 3. The fraction of sp³-hybridized carbons (Fsp3) is 0.938. The lowest BCUT2D eigenvalue weighted by atomic mass is 10.2. The lowest BCUT2D eigenvalue weighted by Gasteiger charge is -2.30. The molecule has 22 heavy (non-hydrogen) atoms. The number of halogens is 1. The molecule has 134 valence electrons. The Bertz CT molecular complexity index is 265. The van der Waals surface area contributed by atoms with Crippen LogP contribution < -0.4 is 10.6 Å². The van der Waals surface area contributed by atoms with E-state index < -0.39 is 0 Å². The highest BCUT2D eigenvalue weighted by Crippen LogP contribution is 2.05. The van der Waals surface area contributed by atoms with E-state index >= 15 is 0 Å². The summed E-state index contributed by atoms with van der Waals surface area (Å²) in [6.07, 6.45) is 4.43. The number of aliphatic imine (C=N–C) groups is 1. The van der Waals surface area contributed by atoms with Crippen LogP contribution in [0.4, 0.5) is 0 Å².